The van der Waals surface area contributed by atoms with Crippen molar-refractivity contribution < 1.29 is 9.53 Å². The van der Waals surface area contributed by atoms with E-state index >= 15 is 0 Å². The summed E-state index contributed by atoms with van der Waals surface area (Å²) in [5.74, 6) is 1.50. The van der Waals surface area contributed by atoms with Gasteiger partial charge in [-0.25, -0.2) is 0 Å². The molecule has 3 heterocycles. The van der Waals surface area contributed by atoms with Crippen LogP contribution in [0.2, 0.25) is 0 Å². The van der Waals surface area contributed by atoms with Crippen molar-refractivity contribution in [3.05, 3.63) is 29.8 Å². The van der Waals surface area contributed by atoms with E-state index in [1.54, 1.807) is 0 Å². The summed E-state index contributed by atoms with van der Waals surface area (Å²) in [5.41, 5.74) is 1.31. The minimum absolute atomic E-state index is 0. The maximum Gasteiger partial charge on any atom is 0.226 e. The second-order valence-corrected chi connectivity index (χ2v) is 8.22. The number of nitrogens with zero attached hydrogens (tertiary/aromatic N) is 1. The molecule has 4 atom stereocenters. The molecule has 4 nitrogen and oxygen atoms in total. The molecule has 5 rings (SSSR count). The second-order valence-electron chi connectivity index (χ2n) is 8.22. The van der Waals surface area contributed by atoms with E-state index in [1.165, 1.54) is 18.4 Å². The van der Waals surface area contributed by atoms with Gasteiger partial charge in [-0.2, -0.15) is 0 Å². The Hall–Kier alpha value is -1.26. The number of hydrogen-bond donors (Lipinski definition) is 1. The number of piperidine rings is 1. The Bertz CT molecular complexity index is 669. The molecular formula is C20H27ClN2O2. The molecule has 2 bridgehead atoms. The summed E-state index contributed by atoms with van der Waals surface area (Å²) in [7, 11) is 2.04. The molecule has 136 valence electrons. The van der Waals surface area contributed by atoms with E-state index in [4.69, 9.17) is 4.74 Å². The van der Waals surface area contributed by atoms with Gasteiger partial charge in [-0.05, 0) is 44.6 Å². The number of benzene rings is 1. The highest BCUT2D eigenvalue weighted by Gasteiger charge is 2.62. The minimum Gasteiger partial charge on any atom is -0.493 e. The highest BCUT2D eigenvalue weighted by atomic mass is 35.5. The molecule has 4 aliphatic rings. The van der Waals surface area contributed by atoms with Crippen LogP contribution in [0.15, 0.2) is 24.3 Å². The number of hydrogen-bond acceptors (Lipinski definition) is 3. The number of carbonyl (C=O) groups is 1. The fourth-order valence-electron chi connectivity index (χ4n) is 5.45. The first kappa shape index (κ1) is 17.2. The highest BCUT2D eigenvalue weighted by molar-refractivity contribution is 5.85. The number of nitrogens with one attached hydrogen (secondary N) is 1. The van der Waals surface area contributed by atoms with Gasteiger partial charge in [0.25, 0.3) is 0 Å². The van der Waals surface area contributed by atoms with Crippen LogP contribution in [0.4, 0.5) is 0 Å². The van der Waals surface area contributed by atoms with E-state index in [0.29, 0.717) is 24.0 Å². The van der Waals surface area contributed by atoms with Crippen LogP contribution in [0.5, 0.6) is 5.75 Å². The molecule has 1 spiro atoms. The topological polar surface area (TPSA) is 41.6 Å². The lowest BCUT2D eigenvalue weighted by Gasteiger charge is -2.36. The molecule has 1 aliphatic carbocycles. The smallest absolute Gasteiger partial charge is 0.226 e. The van der Waals surface area contributed by atoms with Crippen molar-refractivity contribution in [2.24, 2.45) is 5.92 Å². The molecule has 3 fully saturated rings. The van der Waals surface area contributed by atoms with Crippen LogP contribution >= 0.6 is 12.4 Å². The zero-order chi connectivity index (χ0) is 16.3. The molecule has 1 aromatic carbocycles. The largest absolute Gasteiger partial charge is 0.493 e. The lowest BCUT2D eigenvalue weighted by molar-refractivity contribution is -0.134. The first-order valence-electron chi connectivity index (χ1n) is 9.42. The van der Waals surface area contributed by atoms with Gasteiger partial charge in [-0.3, -0.25) is 4.79 Å². The predicted octanol–water partition coefficient (Wildman–Crippen LogP) is 2.89. The lowest BCUT2D eigenvalue weighted by atomic mass is 9.87. The van der Waals surface area contributed by atoms with Gasteiger partial charge in [0, 0.05) is 42.1 Å². The maximum atomic E-state index is 13.2. The molecule has 2 saturated heterocycles. The Kier molecular flexibility index (Phi) is 4.24. The summed E-state index contributed by atoms with van der Waals surface area (Å²) in [6, 6.07) is 9.97. The summed E-state index contributed by atoms with van der Waals surface area (Å²) in [5, 5.41) is 3.67. The normalized spacial score (nSPS) is 37.6. The molecular weight excluding hydrogens is 336 g/mol. The second kappa shape index (κ2) is 6.17. The Morgan fingerprint density at radius 1 is 1.24 bits per heavy atom. The highest BCUT2D eigenvalue weighted by Crippen LogP contribution is 2.61. The Morgan fingerprint density at radius 3 is 2.72 bits per heavy atom. The maximum absolute atomic E-state index is 13.2. The molecule has 5 heteroatoms. The third-order valence-electron chi connectivity index (χ3n) is 6.95. The average Bonchev–Trinajstić information content (AvgIpc) is 3.23. The number of ether oxygens (including phenoxy) is 1. The molecule has 1 amide bonds. The van der Waals surface area contributed by atoms with Crippen LogP contribution in [0.1, 0.15) is 44.1 Å². The van der Waals surface area contributed by atoms with Gasteiger partial charge in [0.1, 0.15) is 5.75 Å². The van der Waals surface area contributed by atoms with E-state index in [-0.39, 0.29) is 23.7 Å². The molecule has 4 unspecified atom stereocenters. The van der Waals surface area contributed by atoms with E-state index in [9.17, 15) is 4.79 Å². The standard InChI is InChI=1S/C20H26N2O2.ClH/c1-22(15-10-13-6-7-14(11-15)21-13)19(23)17-12-20(17)8-9-24-18-5-3-2-4-16(18)20;/h2-5,13-15,17,21H,6-12H2,1H3;1H. The van der Waals surface area contributed by atoms with Crippen molar-refractivity contribution in [2.75, 3.05) is 13.7 Å². The third kappa shape index (κ3) is 2.65. The van der Waals surface area contributed by atoms with Crippen LogP contribution in [-0.2, 0) is 10.2 Å². The molecule has 1 N–H and O–H groups in total. The average molecular weight is 363 g/mol. The summed E-state index contributed by atoms with van der Waals surface area (Å²) in [6.07, 6.45) is 6.78. The Balaban J connectivity index is 0.00000157. The molecule has 0 aromatic heterocycles. The quantitative estimate of drug-likeness (QED) is 0.879. The van der Waals surface area contributed by atoms with Gasteiger partial charge in [-0.15, -0.1) is 12.4 Å². The summed E-state index contributed by atoms with van der Waals surface area (Å²) < 4.78 is 5.81. The SMILES string of the molecule is CN(C(=O)C1CC12CCOc1ccccc12)C1CC2CCC(C1)N2.Cl. The van der Waals surface area contributed by atoms with Gasteiger partial charge in [0.15, 0.2) is 0 Å². The molecule has 0 radical (unpaired) electrons. The van der Waals surface area contributed by atoms with Crippen molar-refractivity contribution in [3.63, 3.8) is 0 Å². The number of fused-ring (bicyclic) bond motifs is 4. The lowest BCUT2D eigenvalue weighted by Crippen LogP contribution is -2.49. The van der Waals surface area contributed by atoms with Crippen LogP contribution in [0.3, 0.4) is 0 Å². The number of amides is 1. The first-order valence-corrected chi connectivity index (χ1v) is 9.42. The fraction of sp³-hybridized carbons (Fsp3) is 0.650. The zero-order valence-corrected chi connectivity index (χ0v) is 15.6. The zero-order valence-electron chi connectivity index (χ0n) is 14.7. The number of carbonyl (C=O) groups excluding carboxylic acids is 1. The predicted molar refractivity (Wildman–Crippen MR) is 99.3 cm³/mol. The molecule has 1 aromatic rings. The monoisotopic (exact) mass is 362 g/mol. The van der Waals surface area contributed by atoms with Gasteiger partial charge in [0.2, 0.25) is 5.91 Å². The number of rotatable bonds is 2. The van der Waals surface area contributed by atoms with Crippen LogP contribution < -0.4 is 10.1 Å². The summed E-state index contributed by atoms with van der Waals surface area (Å²) in [4.78, 5) is 15.3. The molecule has 1 saturated carbocycles. The summed E-state index contributed by atoms with van der Waals surface area (Å²) in [6.45, 7) is 0.738. The van der Waals surface area contributed by atoms with E-state index in [0.717, 1.165) is 38.0 Å². The molecule has 25 heavy (non-hydrogen) atoms. The van der Waals surface area contributed by atoms with Crippen molar-refractivity contribution in [2.45, 2.75) is 62.1 Å². The van der Waals surface area contributed by atoms with Gasteiger partial charge in [0.05, 0.1) is 6.61 Å². The van der Waals surface area contributed by atoms with Gasteiger partial charge >= 0.3 is 0 Å². The van der Waals surface area contributed by atoms with E-state index < -0.39 is 0 Å². The van der Waals surface area contributed by atoms with E-state index in [1.807, 2.05) is 19.2 Å². The third-order valence-corrected chi connectivity index (χ3v) is 6.95. The van der Waals surface area contributed by atoms with Crippen molar-refractivity contribution in [1.82, 2.24) is 10.2 Å². The van der Waals surface area contributed by atoms with Crippen LogP contribution in [0, 0.1) is 5.92 Å². The van der Waals surface area contributed by atoms with Crippen molar-refractivity contribution in [3.8, 4) is 5.75 Å². The summed E-state index contributed by atoms with van der Waals surface area (Å²) >= 11 is 0. The number of para-hydroxylation sites is 1. The van der Waals surface area contributed by atoms with Crippen LogP contribution in [-0.4, -0.2) is 42.6 Å². The van der Waals surface area contributed by atoms with Gasteiger partial charge in [-0.1, -0.05) is 18.2 Å². The molecule has 3 aliphatic heterocycles. The Labute approximate surface area is 155 Å². The van der Waals surface area contributed by atoms with E-state index in [2.05, 4.69) is 22.3 Å². The van der Waals surface area contributed by atoms with Crippen LogP contribution in [0.25, 0.3) is 0 Å². The minimum atomic E-state index is 0. The number of halogens is 1. The first-order chi connectivity index (χ1) is 11.7. The van der Waals surface area contributed by atoms with Gasteiger partial charge < -0.3 is 15.0 Å². The fourth-order valence-corrected chi connectivity index (χ4v) is 5.45. The Morgan fingerprint density at radius 2 is 1.96 bits per heavy atom. The van der Waals surface area contributed by atoms with Crippen molar-refractivity contribution in [1.29, 1.82) is 0 Å². The van der Waals surface area contributed by atoms with Crippen molar-refractivity contribution >= 4 is 18.3 Å².